The Morgan fingerprint density at radius 1 is 1.18 bits per heavy atom. The molecule has 3 aliphatic rings. The van der Waals surface area contributed by atoms with Gasteiger partial charge in [-0.3, -0.25) is 4.90 Å². The Bertz CT molecular complexity index is 669. The number of likely N-dealkylation sites (tertiary alicyclic amines) is 1. The van der Waals surface area contributed by atoms with Crippen LogP contribution in [-0.4, -0.2) is 36.7 Å². The van der Waals surface area contributed by atoms with Gasteiger partial charge in [-0.25, -0.2) is 4.79 Å². The molecule has 4 heteroatoms. The maximum absolute atomic E-state index is 12.0. The number of ether oxygens (including phenoxy) is 1. The van der Waals surface area contributed by atoms with Crippen LogP contribution in [0, 0.1) is 5.92 Å². The van der Waals surface area contributed by atoms with E-state index < -0.39 is 0 Å². The molecule has 0 bridgehead atoms. The number of fused-ring (bicyclic) bond motifs is 3. The van der Waals surface area contributed by atoms with E-state index in [0.717, 1.165) is 24.5 Å². The van der Waals surface area contributed by atoms with Crippen LogP contribution in [0.15, 0.2) is 18.2 Å². The smallest absolute Gasteiger partial charge is 0.410 e. The average molecular weight is 385 g/mol. The Kier molecular flexibility index (Phi) is 6.56. The van der Waals surface area contributed by atoms with Crippen LogP contribution in [0.2, 0.25) is 0 Å². The Morgan fingerprint density at radius 2 is 2.04 bits per heavy atom. The van der Waals surface area contributed by atoms with E-state index in [1.165, 1.54) is 75.6 Å². The molecule has 1 heterocycles. The van der Waals surface area contributed by atoms with Crippen LogP contribution in [0.3, 0.4) is 0 Å². The predicted molar refractivity (Wildman–Crippen MR) is 113 cm³/mol. The lowest BCUT2D eigenvalue weighted by Gasteiger charge is -2.35. The molecule has 154 valence electrons. The van der Waals surface area contributed by atoms with Crippen LogP contribution in [0.5, 0.6) is 5.75 Å². The molecule has 2 aliphatic carbocycles. The van der Waals surface area contributed by atoms with E-state index in [-0.39, 0.29) is 6.09 Å². The molecule has 2 fully saturated rings. The van der Waals surface area contributed by atoms with E-state index in [1.807, 2.05) is 13.0 Å². The third-order valence-corrected chi connectivity index (χ3v) is 7.19. The SMILES string of the molecule is CCCNC(=O)Oc1cccc2c1CC[C@H]1[C@@H]2CCN1CCC1CCCCC1. The van der Waals surface area contributed by atoms with Gasteiger partial charge in [-0.05, 0) is 68.3 Å². The van der Waals surface area contributed by atoms with Crippen molar-refractivity contribution in [1.82, 2.24) is 10.2 Å². The third-order valence-electron chi connectivity index (χ3n) is 7.19. The van der Waals surface area contributed by atoms with Crippen LogP contribution >= 0.6 is 0 Å². The Hall–Kier alpha value is -1.55. The second-order valence-corrected chi connectivity index (χ2v) is 8.97. The monoisotopic (exact) mass is 384 g/mol. The molecule has 1 saturated heterocycles. The highest BCUT2D eigenvalue weighted by molar-refractivity contribution is 5.71. The molecule has 0 unspecified atom stereocenters. The molecule has 4 nitrogen and oxygen atoms in total. The Labute approximate surface area is 170 Å². The normalized spacial score (nSPS) is 25.2. The molecule has 0 aromatic heterocycles. The number of carbonyl (C=O) groups is 1. The first-order valence-corrected chi connectivity index (χ1v) is 11.6. The van der Waals surface area contributed by atoms with Crippen molar-refractivity contribution in [3.05, 3.63) is 29.3 Å². The van der Waals surface area contributed by atoms with Gasteiger partial charge in [0.15, 0.2) is 0 Å². The summed E-state index contributed by atoms with van der Waals surface area (Å²) in [6.45, 7) is 5.21. The number of benzene rings is 1. The number of hydrogen-bond acceptors (Lipinski definition) is 3. The maximum atomic E-state index is 12.0. The zero-order valence-corrected chi connectivity index (χ0v) is 17.4. The molecule has 1 aliphatic heterocycles. The summed E-state index contributed by atoms with van der Waals surface area (Å²) < 4.78 is 5.65. The van der Waals surface area contributed by atoms with Crippen LogP contribution in [0.25, 0.3) is 0 Å². The van der Waals surface area contributed by atoms with Gasteiger partial charge < -0.3 is 10.1 Å². The van der Waals surface area contributed by atoms with Crippen molar-refractivity contribution in [3.63, 3.8) is 0 Å². The highest BCUT2D eigenvalue weighted by Crippen LogP contribution is 2.44. The van der Waals surface area contributed by atoms with E-state index in [0.29, 0.717) is 18.5 Å². The molecular formula is C24H36N2O2. The number of amides is 1. The lowest BCUT2D eigenvalue weighted by Crippen LogP contribution is -2.36. The maximum Gasteiger partial charge on any atom is 0.412 e. The van der Waals surface area contributed by atoms with Gasteiger partial charge in [-0.1, -0.05) is 51.2 Å². The molecule has 0 spiro atoms. The third kappa shape index (κ3) is 4.37. The molecular weight excluding hydrogens is 348 g/mol. The summed E-state index contributed by atoms with van der Waals surface area (Å²) in [4.78, 5) is 14.8. The standard InChI is InChI=1S/C24H36N2O2/c1-2-15-25-24(27)28-23-10-6-9-19-20-14-17-26(22(20)12-11-21(19)23)16-13-18-7-4-3-5-8-18/h6,9-10,18,20,22H,2-5,7-8,11-17H2,1H3,(H,25,27)/t20-,22+/m1/s1. The van der Waals surface area contributed by atoms with Crippen molar-refractivity contribution in [2.24, 2.45) is 5.92 Å². The molecule has 1 N–H and O–H groups in total. The quantitative estimate of drug-likeness (QED) is 0.727. The summed E-state index contributed by atoms with van der Waals surface area (Å²) in [5, 5.41) is 2.82. The summed E-state index contributed by atoms with van der Waals surface area (Å²) in [7, 11) is 0. The molecule has 0 radical (unpaired) electrons. The summed E-state index contributed by atoms with van der Waals surface area (Å²) in [5.74, 6) is 2.34. The number of rotatable bonds is 6. The summed E-state index contributed by atoms with van der Waals surface area (Å²) in [6.07, 6.45) is 12.7. The molecule has 4 rings (SSSR count). The second kappa shape index (κ2) is 9.30. The Balaban J connectivity index is 1.39. The largest absolute Gasteiger partial charge is 0.412 e. The average Bonchev–Trinajstić information content (AvgIpc) is 3.15. The second-order valence-electron chi connectivity index (χ2n) is 8.97. The molecule has 1 aromatic carbocycles. The van der Waals surface area contributed by atoms with Crippen LogP contribution in [0.1, 0.15) is 81.8 Å². The van der Waals surface area contributed by atoms with Gasteiger partial charge in [0.2, 0.25) is 0 Å². The highest BCUT2D eigenvalue weighted by atomic mass is 16.6. The minimum Gasteiger partial charge on any atom is -0.410 e. The van der Waals surface area contributed by atoms with E-state index in [9.17, 15) is 4.79 Å². The first kappa shape index (κ1) is 19.8. The first-order valence-electron chi connectivity index (χ1n) is 11.6. The van der Waals surface area contributed by atoms with E-state index in [4.69, 9.17) is 4.74 Å². The molecule has 28 heavy (non-hydrogen) atoms. The van der Waals surface area contributed by atoms with Crippen molar-refractivity contribution < 1.29 is 9.53 Å². The van der Waals surface area contributed by atoms with Crippen LogP contribution in [-0.2, 0) is 6.42 Å². The minimum absolute atomic E-state index is 0.321. The summed E-state index contributed by atoms with van der Waals surface area (Å²) in [6, 6.07) is 6.97. The van der Waals surface area contributed by atoms with Crippen LogP contribution < -0.4 is 10.1 Å². The zero-order valence-electron chi connectivity index (χ0n) is 17.4. The fraction of sp³-hybridized carbons (Fsp3) is 0.708. The predicted octanol–water partition coefficient (Wildman–Crippen LogP) is 5.26. The fourth-order valence-electron chi connectivity index (χ4n) is 5.71. The minimum atomic E-state index is -0.321. The molecule has 1 aromatic rings. The van der Waals surface area contributed by atoms with Gasteiger partial charge in [-0.2, -0.15) is 0 Å². The number of hydrogen-bond donors (Lipinski definition) is 1. The zero-order chi connectivity index (χ0) is 19.3. The van der Waals surface area contributed by atoms with Gasteiger partial charge in [-0.15, -0.1) is 0 Å². The van der Waals surface area contributed by atoms with Crippen molar-refractivity contribution >= 4 is 6.09 Å². The molecule has 2 atom stereocenters. The Morgan fingerprint density at radius 3 is 2.86 bits per heavy atom. The van der Waals surface area contributed by atoms with Crippen molar-refractivity contribution in [2.45, 2.75) is 83.1 Å². The topological polar surface area (TPSA) is 41.6 Å². The molecule has 1 amide bonds. The summed E-state index contributed by atoms with van der Waals surface area (Å²) >= 11 is 0. The van der Waals surface area contributed by atoms with Crippen molar-refractivity contribution in [2.75, 3.05) is 19.6 Å². The van der Waals surface area contributed by atoms with Crippen LogP contribution in [0.4, 0.5) is 4.79 Å². The van der Waals surface area contributed by atoms with E-state index >= 15 is 0 Å². The van der Waals surface area contributed by atoms with E-state index in [1.54, 1.807) is 0 Å². The first-order chi connectivity index (χ1) is 13.8. The number of nitrogens with one attached hydrogen (secondary N) is 1. The van der Waals surface area contributed by atoms with Gasteiger partial charge in [0.25, 0.3) is 0 Å². The van der Waals surface area contributed by atoms with Crippen molar-refractivity contribution in [1.29, 1.82) is 0 Å². The van der Waals surface area contributed by atoms with Crippen molar-refractivity contribution in [3.8, 4) is 5.75 Å². The van der Waals surface area contributed by atoms with Gasteiger partial charge in [0.05, 0.1) is 0 Å². The highest BCUT2D eigenvalue weighted by Gasteiger charge is 2.39. The fourth-order valence-corrected chi connectivity index (χ4v) is 5.71. The lowest BCUT2D eigenvalue weighted by molar-refractivity contribution is 0.194. The van der Waals surface area contributed by atoms with Gasteiger partial charge in [0, 0.05) is 18.5 Å². The van der Waals surface area contributed by atoms with E-state index in [2.05, 4.69) is 22.3 Å². The van der Waals surface area contributed by atoms with Gasteiger partial charge in [0.1, 0.15) is 5.75 Å². The van der Waals surface area contributed by atoms with Gasteiger partial charge >= 0.3 is 6.09 Å². The number of nitrogens with zero attached hydrogens (tertiary/aromatic N) is 1. The molecule has 1 saturated carbocycles. The lowest BCUT2D eigenvalue weighted by atomic mass is 9.79. The summed E-state index contributed by atoms with van der Waals surface area (Å²) in [5.41, 5.74) is 2.70. The number of carbonyl (C=O) groups excluding carboxylic acids is 1.